The summed E-state index contributed by atoms with van der Waals surface area (Å²) in [6.45, 7) is 6.85. The summed E-state index contributed by atoms with van der Waals surface area (Å²) < 4.78 is 0. The topological polar surface area (TPSA) is 69.6 Å². The van der Waals surface area contributed by atoms with Gasteiger partial charge in [-0.25, -0.2) is 4.79 Å². The van der Waals surface area contributed by atoms with Crippen molar-refractivity contribution in [2.24, 2.45) is 5.92 Å². The molecule has 0 spiro atoms. The van der Waals surface area contributed by atoms with Crippen molar-refractivity contribution in [2.45, 2.75) is 32.2 Å². The van der Waals surface area contributed by atoms with Gasteiger partial charge < -0.3 is 15.3 Å². The number of amides is 1. The SMILES string of the molecule is CCNCC(=O)N1C(C(=O)O)CSC1C(C)C. The predicted octanol–water partition coefficient (Wildman–Crippen LogP) is 0.607. The second-order valence-electron chi connectivity index (χ2n) is 4.40. The number of carboxylic acids is 1. The Balaban J connectivity index is 2.78. The van der Waals surface area contributed by atoms with E-state index in [1.807, 2.05) is 20.8 Å². The standard InChI is InChI=1S/C11H20N2O3S/c1-4-12-5-9(14)13-8(11(15)16)6-17-10(13)7(2)3/h7-8,10,12H,4-6H2,1-3H3,(H,15,16). The molecule has 0 aliphatic carbocycles. The van der Waals surface area contributed by atoms with E-state index in [4.69, 9.17) is 5.11 Å². The lowest BCUT2D eigenvalue weighted by Gasteiger charge is -2.29. The highest BCUT2D eigenvalue weighted by atomic mass is 32.2. The number of carbonyl (C=O) groups excluding carboxylic acids is 1. The number of likely N-dealkylation sites (N-methyl/N-ethyl adjacent to an activating group) is 1. The maximum absolute atomic E-state index is 12.0. The lowest BCUT2D eigenvalue weighted by Crippen LogP contribution is -2.50. The highest BCUT2D eigenvalue weighted by molar-refractivity contribution is 8.00. The molecule has 1 saturated heterocycles. The first-order valence-corrected chi connectivity index (χ1v) is 6.90. The largest absolute Gasteiger partial charge is 0.480 e. The van der Waals surface area contributed by atoms with Gasteiger partial charge in [-0.3, -0.25) is 4.79 Å². The number of hydrogen-bond donors (Lipinski definition) is 2. The van der Waals surface area contributed by atoms with E-state index < -0.39 is 12.0 Å². The zero-order valence-electron chi connectivity index (χ0n) is 10.5. The molecule has 0 aromatic rings. The van der Waals surface area contributed by atoms with Crippen LogP contribution in [0.2, 0.25) is 0 Å². The van der Waals surface area contributed by atoms with Gasteiger partial charge in [0.1, 0.15) is 6.04 Å². The summed E-state index contributed by atoms with van der Waals surface area (Å²) in [5, 5.41) is 12.1. The van der Waals surface area contributed by atoms with Gasteiger partial charge in [0.15, 0.2) is 0 Å². The van der Waals surface area contributed by atoms with Crippen LogP contribution >= 0.6 is 11.8 Å². The van der Waals surface area contributed by atoms with Crippen LogP contribution in [0, 0.1) is 5.92 Å². The summed E-state index contributed by atoms with van der Waals surface area (Å²) in [5.74, 6) is -0.292. The predicted molar refractivity (Wildman–Crippen MR) is 67.9 cm³/mol. The number of thioether (sulfide) groups is 1. The van der Waals surface area contributed by atoms with Gasteiger partial charge in [-0.1, -0.05) is 20.8 Å². The molecular formula is C11H20N2O3S. The summed E-state index contributed by atoms with van der Waals surface area (Å²) >= 11 is 1.55. The third-order valence-corrected chi connectivity index (χ3v) is 4.33. The molecule has 6 heteroatoms. The Hall–Kier alpha value is -0.750. The van der Waals surface area contributed by atoms with Crippen LogP contribution in [0.15, 0.2) is 0 Å². The minimum atomic E-state index is -0.912. The molecule has 2 atom stereocenters. The Kier molecular flexibility index (Phi) is 5.27. The van der Waals surface area contributed by atoms with E-state index in [2.05, 4.69) is 5.32 Å². The third kappa shape index (κ3) is 3.35. The van der Waals surface area contributed by atoms with Crippen molar-refractivity contribution in [2.75, 3.05) is 18.8 Å². The molecule has 17 heavy (non-hydrogen) atoms. The molecule has 0 saturated carbocycles. The first kappa shape index (κ1) is 14.3. The zero-order chi connectivity index (χ0) is 13.0. The van der Waals surface area contributed by atoms with Gasteiger partial charge in [-0.05, 0) is 12.5 Å². The molecule has 2 unspecified atom stereocenters. The first-order valence-electron chi connectivity index (χ1n) is 5.85. The number of nitrogens with one attached hydrogen (secondary N) is 1. The van der Waals surface area contributed by atoms with Crippen molar-refractivity contribution in [3.05, 3.63) is 0 Å². The molecular weight excluding hydrogens is 240 g/mol. The number of carboxylic acid groups (broad SMARTS) is 1. The van der Waals surface area contributed by atoms with Crippen LogP contribution in [-0.4, -0.2) is 52.1 Å². The number of carbonyl (C=O) groups is 2. The Bertz CT molecular complexity index is 296. The Morgan fingerprint density at radius 1 is 1.53 bits per heavy atom. The van der Waals surface area contributed by atoms with Crippen molar-refractivity contribution >= 4 is 23.6 Å². The highest BCUT2D eigenvalue weighted by Gasteiger charge is 2.42. The van der Waals surface area contributed by atoms with Crippen molar-refractivity contribution in [3.63, 3.8) is 0 Å². The summed E-state index contributed by atoms with van der Waals surface area (Å²) in [5.41, 5.74) is 0. The Labute approximate surface area is 106 Å². The fourth-order valence-corrected chi connectivity index (χ4v) is 3.36. The van der Waals surface area contributed by atoms with E-state index >= 15 is 0 Å². The normalized spacial score (nSPS) is 24.4. The average Bonchev–Trinajstić information content (AvgIpc) is 2.70. The molecule has 2 N–H and O–H groups in total. The van der Waals surface area contributed by atoms with E-state index in [9.17, 15) is 9.59 Å². The van der Waals surface area contributed by atoms with Crippen LogP contribution in [0.3, 0.4) is 0 Å². The molecule has 1 amide bonds. The second kappa shape index (κ2) is 6.26. The van der Waals surface area contributed by atoms with Crippen LogP contribution in [-0.2, 0) is 9.59 Å². The van der Waals surface area contributed by atoms with Crippen LogP contribution in [0.4, 0.5) is 0 Å². The molecule has 1 aliphatic rings. The monoisotopic (exact) mass is 260 g/mol. The smallest absolute Gasteiger partial charge is 0.327 e. The highest BCUT2D eigenvalue weighted by Crippen LogP contribution is 2.33. The van der Waals surface area contributed by atoms with Crippen LogP contribution < -0.4 is 5.32 Å². The first-order chi connectivity index (χ1) is 7.99. The molecule has 1 rings (SSSR count). The molecule has 0 aromatic heterocycles. The molecule has 0 aromatic carbocycles. The van der Waals surface area contributed by atoms with Crippen molar-refractivity contribution < 1.29 is 14.7 Å². The quantitative estimate of drug-likeness (QED) is 0.758. The molecule has 98 valence electrons. The molecule has 1 fully saturated rings. The summed E-state index contributed by atoms with van der Waals surface area (Å²) in [6, 6.07) is -0.682. The number of aliphatic carboxylic acids is 1. The zero-order valence-corrected chi connectivity index (χ0v) is 11.3. The van der Waals surface area contributed by atoms with Gasteiger partial charge in [0.25, 0.3) is 0 Å². The van der Waals surface area contributed by atoms with Crippen molar-refractivity contribution in [3.8, 4) is 0 Å². The Morgan fingerprint density at radius 3 is 2.65 bits per heavy atom. The number of rotatable bonds is 5. The maximum atomic E-state index is 12.0. The van der Waals surface area contributed by atoms with E-state index in [1.54, 1.807) is 11.8 Å². The molecule has 5 nitrogen and oxygen atoms in total. The van der Waals surface area contributed by atoms with Gasteiger partial charge in [-0.2, -0.15) is 0 Å². The van der Waals surface area contributed by atoms with Gasteiger partial charge in [0.2, 0.25) is 5.91 Å². The molecule has 0 radical (unpaired) electrons. The van der Waals surface area contributed by atoms with E-state index in [-0.39, 0.29) is 23.7 Å². The molecule has 1 heterocycles. The van der Waals surface area contributed by atoms with Crippen molar-refractivity contribution in [1.29, 1.82) is 0 Å². The van der Waals surface area contributed by atoms with Crippen LogP contribution in [0.25, 0.3) is 0 Å². The van der Waals surface area contributed by atoms with Crippen LogP contribution in [0.1, 0.15) is 20.8 Å². The maximum Gasteiger partial charge on any atom is 0.327 e. The van der Waals surface area contributed by atoms with Gasteiger partial charge in [0.05, 0.1) is 11.9 Å². The van der Waals surface area contributed by atoms with E-state index in [1.165, 1.54) is 4.90 Å². The number of hydrogen-bond acceptors (Lipinski definition) is 4. The van der Waals surface area contributed by atoms with E-state index in [0.717, 1.165) is 0 Å². The minimum Gasteiger partial charge on any atom is -0.480 e. The summed E-state index contributed by atoms with van der Waals surface area (Å²) in [7, 11) is 0. The molecule has 1 aliphatic heterocycles. The van der Waals surface area contributed by atoms with Crippen molar-refractivity contribution in [1.82, 2.24) is 10.2 Å². The van der Waals surface area contributed by atoms with Gasteiger partial charge in [-0.15, -0.1) is 11.8 Å². The lowest BCUT2D eigenvalue weighted by molar-refractivity contribution is -0.149. The average molecular weight is 260 g/mol. The second-order valence-corrected chi connectivity index (χ2v) is 5.55. The summed E-state index contributed by atoms with van der Waals surface area (Å²) in [6.07, 6.45) is 0. The molecule has 0 bridgehead atoms. The van der Waals surface area contributed by atoms with Crippen LogP contribution in [0.5, 0.6) is 0 Å². The summed E-state index contributed by atoms with van der Waals surface area (Å²) in [4.78, 5) is 24.7. The minimum absolute atomic E-state index is 0.0257. The van der Waals surface area contributed by atoms with Gasteiger partial charge >= 0.3 is 5.97 Å². The van der Waals surface area contributed by atoms with Gasteiger partial charge in [0, 0.05) is 5.75 Å². The number of nitrogens with zero attached hydrogens (tertiary/aromatic N) is 1. The van der Waals surface area contributed by atoms with E-state index in [0.29, 0.717) is 12.3 Å². The fraction of sp³-hybridized carbons (Fsp3) is 0.818. The fourth-order valence-electron chi connectivity index (χ4n) is 1.87. The lowest BCUT2D eigenvalue weighted by atomic mass is 10.1. The third-order valence-electron chi connectivity index (χ3n) is 2.70. The Morgan fingerprint density at radius 2 is 2.18 bits per heavy atom.